The molecule has 1 nitrogen and oxygen atoms in total. The third kappa shape index (κ3) is 2.47. The monoisotopic (exact) mass is 163 g/mol. The van der Waals surface area contributed by atoms with E-state index in [4.69, 9.17) is 0 Å². The van der Waals surface area contributed by atoms with Crippen molar-refractivity contribution >= 4 is 12.4 Å². The lowest BCUT2D eigenvalue weighted by Gasteiger charge is -2.09. The lowest BCUT2D eigenvalue weighted by molar-refractivity contribution is 0.517. The van der Waals surface area contributed by atoms with Crippen LogP contribution < -0.4 is 5.32 Å². The van der Waals surface area contributed by atoms with Gasteiger partial charge in [-0.15, -0.1) is 12.4 Å². The van der Waals surface area contributed by atoms with E-state index >= 15 is 0 Å². The van der Waals surface area contributed by atoms with Gasteiger partial charge >= 0.3 is 0 Å². The molecule has 1 aliphatic heterocycles. The zero-order chi connectivity index (χ0) is 6.69. The van der Waals surface area contributed by atoms with Crippen LogP contribution in [0.5, 0.6) is 0 Å². The molecule has 0 radical (unpaired) electrons. The lowest BCUT2D eigenvalue weighted by atomic mass is 10.1. The molecule has 1 heterocycles. The molecule has 0 spiro atoms. The smallest absolute Gasteiger partial charge is 0.00676 e. The summed E-state index contributed by atoms with van der Waals surface area (Å²) in [6.07, 6.45) is 5.40. The summed E-state index contributed by atoms with van der Waals surface area (Å²) in [5.74, 6) is 0. The van der Waals surface area contributed by atoms with Crippen LogP contribution in [0.25, 0.3) is 0 Å². The molecule has 0 aromatic rings. The molecule has 0 unspecified atom stereocenters. The maximum atomic E-state index is 3.59. The molecule has 0 aliphatic carbocycles. The Kier molecular flexibility index (Phi) is 5.10. The molecule has 1 fully saturated rings. The quantitative estimate of drug-likeness (QED) is 0.659. The second kappa shape index (κ2) is 4.97. The standard InChI is InChI=1S/C8H17N.ClH/c1-3-7-5-6-8(4-2)9-7;/h7-9H,3-6H2,1-2H3;1H/t7-,8-;/m0./s1. The molecule has 1 saturated heterocycles. The third-order valence-electron chi connectivity index (χ3n) is 2.32. The van der Waals surface area contributed by atoms with E-state index in [1.54, 1.807) is 0 Å². The predicted molar refractivity (Wildman–Crippen MR) is 47.8 cm³/mol. The van der Waals surface area contributed by atoms with Crippen molar-refractivity contribution in [3.8, 4) is 0 Å². The van der Waals surface area contributed by atoms with Crippen LogP contribution in [0.3, 0.4) is 0 Å². The van der Waals surface area contributed by atoms with Crippen LogP contribution in [0.15, 0.2) is 0 Å². The number of hydrogen-bond donors (Lipinski definition) is 1. The summed E-state index contributed by atoms with van der Waals surface area (Å²) in [6, 6.07) is 1.66. The van der Waals surface area contributed by atoms with E-state index in [9.17, 15) is 0 Å². The molecule has 0 saturated carbocycles. The van der Waals surface area contributed by atoms with Gasteiger partial charge in [-0.1, -0.05) is 13.8 Å². The number of halogens is 1. The Morgan fingerprint density at radius 2 is 1.50 bits per heavy atom. The van der Waals surface area contributed by atoms with Gasteiger partial charge in [0.05, 0.1) is 0 Å². The van der Waals surface area contributed by atoms with Gasteiger partial charge < -0.3 is 5.32 Å². The minimum Gasteiger partial charge on any atom is -0.311 e. The highest BCUT2D eigenvalue weighted by Crippen LogP contribution is 2.16. The molecule has 1 N–H and O–H groups in total. The van der Waals surface area contributed by atoms with Crippen molar-refractivity contribution in [3.63, 3.8) is 0 Å². The molecular weight excluding hydrogens is 146 g/mol. The first-order chi connectivity index (χ1) is 4.36. The van der Waals surface area contributed by atoms with Crippen LogP contribution in [0, 0.1) is 0 Å². The first-order valence-corrected chi connectivity index (χ1v) is 4.12. The van der Waals surface area contributed by atoms with Gasteiger partial charge in [0.25, 0.3) is 0 Å². The summed E-state index contributed by atoms with van der Waals surface area (Å²) in [4.78, 5) is 0. The molecular formula is C8H18ClN. The summed E-state index contributed by atoms with van der Waals surface area (Å²) in [5, 5.41) is 3.59. The van der Waals surface area contributed by atoms with Gasteiger partial charge in [-0.25, -0.2) is 0 Å². The van der Waals surface area contributed by atoms with Crippen LogP contribution in [0.4, 0.5) is 0 Å². The Morgan fingerprint density at radius 1 is 1.10 bits per heavy atom. The van der Waals surface area contributed by atoms with Crippen molar-refractivity contribution in [2.24, 2.45) is 0 Å². The zero-order valence-corrected chi connectivity index (χ0v) is 7.71. The van der Waals surface area contributed by atoms with Crippen LogP contribution in [0.2, 0.25) is 0 Å². The Bertz CT molecular complexity index is 75.3. The van der Waals surface area contributed by atoms with Gasteiger partial charge in [0, 0.05) is 12.1 Å². The van der Waals surface area contributed by atoms with Crippen molar-refractivity contribution < 1.29 is 0 Å². The van der Waals surface area contributed by atoms with E-state index < -0.39 is 0 Å². The first-order valence-electron chi connectivity index (χ1n) is 4.12. The molecule has 1 rings (SSSR count). The number of nitrogens with one attached hydrogen (secondary N) is 1. The van der Waals surface area contributed by atoms with E-state index in [1.165, 1.54) is 25.7 Å². The largest absolute Gasteiger partial charge is 0.311 e. The average Bonchev–Trinajstić information content (AvgIpc) is 2.34. The molecule has 0 bridgehead atoms. The normalized spacial score (nSPS) is 31.8. The maximum absolute atomic E-state index is 3.59. The highest BCUT2D eigenvalue weighted by atomic mass is 35.5. The van der Waals surface area contributed by atoms with Crippen molar-refractivity contribution in [1.82, 2.24) is 5.32 Å². The fourth-order valence-electron chi connectivity index (χ4n) is 1.55. The van der Waals surface area contributed by atoms with Gasteiger partial charge in [-0.05, 0) is 25.7 Å². The van der Waals surface area contributed by atoms with Crippen LogP contribution in [-0.2, 0) is 0 Å². The van der Waals surface area contributed by atoms with E-state index in [0.29, 0.717) is 0 Å². The fourth-order valence-corrected chi connectivity index (χ4v) is 1.55. The second-order valence-electron chi connectivity index (χ2n) is 2.95. The van der Waals surface area contributed by atoms with Crippen molar-refractivity contribution in [2.45, 2.75) is 51.6 Å². The topological polar surface area (TPSA) is 12.0 Å². The van der Waals surface area contributed by atoms with Crippen LogP contribution in [0.1, 0.15) is 39.5 Å². The third-order valence-corrected chi connectivity index (χ3v) is 2.32. The first kappa shape index (κ1) is 10.2. The molecule has 2 atom stereocenters. The molecule has 10 heavy (non-hydrogen) atoms. The second-order valence-corrected chi connectivity index (χ2v) is 2.95. The summed E-state index contributed by atoms with van der Waals surface area (Å²) in [6.45, 7) is 4.52. The van der Waals surface area contributed by atoms with E-state index in [0.717, 1.165) is 12.1 Å². The Hall–Kier alpha value is 0.250. The van der Waals surface area contributed by atoms with Gasteiger partial charge in [-0.2, -0.15) is 0 Å². The van der Waals surface area contributed by atoms with Crippen molar-refractivity contribution in [2.75, 3.05) is 0 Å². The Balaban J connectivity index is 0.000000810. The van der Waals surface area contributed by atoms with Crippen LogP contribution in [-0.4, -0.2) is 12.1 Å². The van der Waals surface area contributed by atoms with Gasteiger partial charge in [0.1, 0.15) is 0 Å². The molecule has 2 heteroatoms. The Labute approximate surface area is 70.0 Å². The van der Waals surface area contributed by atoms with Crippen LogP contribution >= 0.6 is 12.4 Å². The minimum absolute atomic E-state index is 0. The fraction of sp³-hybridized carbons (Fsp3) is 1.00. The van der Waals surface area contributed by atoms with Crippen molar-refractivity contribution in [3.05, 3.63) is 0 Å². The Morgan fingerprint density at radius 3 is 1.70 bits per heavy atom. The predicted octanol–water partition coefficient (Wildman–Crippen LogP) is 2.35. The summed E-state index contributed by atoms with van der Waals surface area (Å²) < 4.78 is 0. The van der Waals surface area contributed by atoms with Crippen molar-refractivity contribution in [1.29, 1.82) is 0 Å². The molecule has 0 aromatic carbocycles. The average molecular weight is 164 g/mol. The number of rotatable bonds is 2. The molecule has 0 amide bonds. The SMILES string of the molecule is CC[C@H]1CC[C@H](CC)N1.Cl. The van der Waals surface area contributed by atoms with E-state index in [2.05, 4.69) is 19.2 Å². The van der Waals surface area contributed by atoms with Gasteiger partial charge in [0.2, 0.25) is 0 Å². The van der Waals surface area contributed by atoms with Gasteiger partial charge in [-0.3, -0.25) is 0 Å². The summed E-state index contributed by atoms with van der Waals surface area (Å²) in [7, 11) is 0. The zero-order valence-electron chi connectivity index (χ0n) is 6.89. The molecule has 0 aromatic heterocycles. The minimum atomic E-state index is 0. The van der Waals surface area contributed by atoms with Gasteiger partial charge in [0.15, 0.2) is 0 Å². The highest BCUT2D eigenvalue weighted by Gasteiger charge is 2.19. The highest BCUT2D eigenvalue weighted by molar-refractivity contribution is 5.85. The maximum Gasteiger partial charge on any atom is 0.00676 e. The molecule has 1 aliphatic rings. The van der Waals surface area contributed by atoms with E-state index in [-0.39, 0.29) is 12.4 Å². The summed E-state index contributed by atoms with van der Waals surface area (Å²) in [5.41, 5.74) is 0. The lowest BCUT2D eigenvalue weighted by Crippen LogP contribution is -2.27. The van der Waals surface area contributed by atoms with E-state index in [1.807, 2.05) is 0 Å². The summed E-state index contributed by atoms with van der Waals surface area (Å²) >= 11 is 0. The number of hydrogen-bond acceptors (Lipinski definition) is 1. The molecule has 62 valence electrons.